The molecule has 0 bridgehead atoms. The molecular formula is C16H36N2O2. The van der Waals surface area contributed by atoms with Gasteiger partial charge in [-0.1, -0.05) is 20.8 Å². The van der Waals surface area contributed by atoms with Gasteiger partial charge in [0.05, 0.1) is 13.2 Å². The number of hydrogen-bond acceptors (Lipinski definition) is 4. The Morgan fingerprint density at radius 3 is 1.90 bits per heavy atom. The molecule has 0 spiro atoms. The first-order valence-electron chi connectivity index (χ1n) is 8.26. The van der Waals surface area contributed by atoms with Crippen LogP contribution in [0.25, 0.3) is 0 Å². The average Bonchev–Trinajstić information content (AvgIpc) is 2.42. The first kappa shape index (κ1) is 19.8. The van der Waals surface area contributed by atoms with Crippen LogP contribution in [0.4, 0.5) is 0 Å². The van der Waals surface area contributed by atoms with Crippen LogP contribution < -0.4 is 5.32 Å². The molecule has 0 aromatic rings. The second-order valence-corrected chi connectivity index (χ2v) is 5.50. The minimum Gasteiger partial charge on any atom is -0.380 e. The zero-order valence-electron chi connectivity index (χ0n) is 14.3. The molecule has 0 rings (SSSR count). The lowest BCUT2D eigenvalue weighted by atomic mass is 10.0. The normalized spacial score (nSPS) is 13.3. The maximum atomic E-state index is 5.49. The number of hydrogen-bond donors (Lipinski definition) is 1. The monoisotopic (exact) mass is 288 g/mol. The van der Waals surface area contributed by atoms with Crippen LogP contribution in [0.3, 0.4) is 0 Å². The summed E-state index contributed by atoms with van der Waals surface area (Å²) in [6, 6.07) is 0.540. The average molecular weight is 288 g/mol. The fourth-order valence-electron chi connectivity index (χ4n) is 2.09. The van der Waals surface area contributed by atoms with Gasteiger partial charge in [-0.2, -0.15) is 0 Å². The Morgan fingerprint density at radius 1 is 0.950 bits per heavy atom. The predicted octanol–water partition coefficient (Wildman–Crippen LogP) is 2.39. The molecule has 0 aromatic carbocycles. The lowest BCUT2D eigenvalue weighted by Crippen LogP contribution is -2.46. The molecule has 0 saturated heterocycles. The Balaban J connectivity index is 4.23. The van der Waals surface area contributed by atoms with E-state index >= 15 is 0 Å². The van der Waals surface area contributed by atoms with E-state index in [9.17, 15) is 0 Å². The number of ether oxygens (including phenoxy) is 2. The highest BCUT2D eigenvalue weighted by molar-refractivity contribution is 4.75. The summed E-state index contributed by atoms with van der Waals surface area (Å²) in [6.07, 6.45) is 1.18. The van der Waals surface area contributed by atoms with Crippen molar-refractivity contribution in [3.8, 4) is 0 Å². The topological polar surface area (TPSA) is 33.7 Å². The van der Waals surface area contributed by atoms with E-state index in [1.54, 1.807) is 0 Å². The maximum absolute atomic E-state index is 5.49. The van der Waals surface area contributed by atoms with E-state index in [-0.39, 0.29) is 0 Å². The molecule has 4 nitrogen and oxygen atoms in total. The molecule has 122 valence electrons. The van der Waals surface area contributed by atoms with Crippen LogP contribution >= 0.6 is 0 Å². The molecule has 1 N–H and O–H groups in total. The molecule has 0 fully saturated rings. The van der Waals surface area contributed by atoms with Gasteiger partial charge in [-0.15, -0.1) is 0 Å². The second kappa shape index (κ2) is 13.8. The molecule has 0 amide bonds. The molecule has 0 radical (unpaired) electrons. The van der Waals surface area contributed by atoms with E-state index in [1.807, 2.05) is 13.8 Å². The van der Waals surface area contributed by atoms with Crippen LogP contribution in [0, 0.1) is 5.92 Å². The van der Waals surface area contributed by atoms with Gasteiger partial charge in [0, 0.05) is 38.9 Å². The predicted molar refractivity (Wildman–Crippen MR) is 86.3 cm³/mol. The minimum atomic E-state index is 0.540. The van der Waals surface area contributed by atoms with E-state index < -0.39 is 0 Å². The van der Waals surface area contributed by atoms with E-state index in [0.717, 1.165) is 52.6 Å². The molecule has 4 heteroatoms. The van der Waals surface area contributed by atoms with Crippen LogP contribution in [-0.4, -0.2) is 63.5 Å². The Hall–Kier alpha value is -0.160. The van der Waals surface area contributed by atoms with E-state index in [0.29, 0.717) is 12.0 Å². The van der Waals surface area contributed by atoms with Crippen molar-refractivity contribution in [1.29, 1.82) is 0 Å². The lowest BCUT2D eigenvalue weighted by Gasteiger charge is -2.30. The van der Waals surface area contributed by atoms with Crippen LogP contribution in [0.1, 0.15) is 41.0 Å². The molecule has 0 heterocycles. The van der Waals surface area contributed by atoms with Crippen molar-refractivity contribution >= 4 is 0 Å². The first-order valence-corrected chi connectivity index (χ1v) is 8.26. The highest BCUT2D eigenvalue weighted by Gasteiger charge is 2.16. The first-order chi connectivity index (χ1) is 9.65. The SMILES string of the molecule is CCCNC(CN(CCOCC)CCOCC)C(C)C. The molecule has 0 aromatic heterocycles. The summed E-state index contributed by atoms with van der Waals surface area (Å²) in [5.74, 6) is 0.642. The van der Waals surface area contributed by atoms with Gasteiger partial charge in [-0.3, -0.25) is 4.90 Å². The molecule has 20 heavy (non-hydrogen) atoms. The van der Waals surface area contributed by atoms with Gasteiger partial charge >= 0.3 is 0 Å². The highest BCUT2D eigenvalue weighted by Crippen LogP contribution is 2.05. The highest BCUT2D eigenvalue weighted by atomic mass is 16.5. The van der Waals surface area contributed by atoms with Gasteiger partial charge < -0.3 is 14.8 Å². The van der Waals surface area contributed by atoms with Gasteiger partial charge in [0.25, 0.3) is 0 Å². The van der Waals surface area contributed by atoms with Crippen molar-refractivity contribution in [1.82, 2.24) is 10.2 Å². The third kappa shape index (κ3) is 10.6. The molecule has 0 saturated carbocycles. The van der Waals surface area contributed by atoms with Crippen molar-refractivity contribution in [2.75, 3.05) is 52.6 Å². The van der Waals surface area contributed by atoms with Gasteiger partial charge in [-0.05, 0) is 32.7 Å². The molecule has 1 atom stereocenters. The largest absolute Gasteiger partial charge is 0.380 e. The summed E-state index contributed by atoms with van der Waals surface area (Å²) < 4.78 is 11.0. The van der Waals surface area contributed by atoms with Gasteiger partial charge in [0.15, 0.2) is 0 Å². The van der Waals surface area contributed by atoms with Gasteiger partial charge in [0.1, 0.15) is 0 Å². The zero-order chi connectivity index (χ0) is 15.2. The summed E-state index contributed by atoms with van der Waals surface area (Å²) >= 11 is 0. The molecule has 0 aliphatic carbocycles. The maximum Gasteiger partial charge on any atom is 0.0593 e. The zero-order valence-corrected chi connectivity index (χ0v) is 14.3. The summed E-state index contributed by atoms with van der Waals surface area (Å²) in [5, 5.41) is 3.66. The van der Waals surface area contributed by atoms with Crippen LogP contribution in [-0.2, 0) is 9.47 Å². The Bertz CT molecular complexity index is 191. The Labute approximate surface area is 126 Å². The summed E-state index contributed by atoms with van der Waals surface area (Å²) in [7, 11) is 0. The Kier molecular flexibility index (Phi) is 13.7. The summed E-state index contributed by atoms with van der Waals surface area (Å²) in [6.45, 7) is 18.2. The van der Waals surface area contributed by atoms with Crippen LogP contribution in [0.5, 0.6) is 0 Å². The second-order valence-electron chi connectivity index (χ2n) is 5.50. The molecule has 0 aliphatic rings. The van der Waals surface area contributed by atoms with Crippen LogP contribution in [0.15, 0.2) is 0 Å². The standard InChI is InChI=1S/C16H36N2O2/c1-6-9-17-16(15(4)5)14-18(10-12-19-7-2)11-13-20-8-3/h15-17H,6-14H2,1-5H3. The van der Waals surface area contributed by atoms with Crippen molar-refractivity contribution in [2.24, 2.45) is 5.92 Å². The fourth-order valence-corrected chi connectivity index (χ4v) is 2.09. The van der Waals surface area contributed by atoms with Gasteiger partial charge in [0.2, 0.25) is 0 Å². The van der Waals surface area contributed by atoms with E-state index in [2.05, 4.69) is 31.0 Å². The van der Waals surface area contributed by atoms with Crippen molar-refractivity contribution in [3.05, 3.63) is 0 Å². The third-order valence-electron chi connectivity index (χ3n) is 3.43. The Morgan fingerprint density at radius 2 is 1.50 bits per heavy atom. The summed E-state index contributed by atoms with van der Waals surface area (Å²) in [4.78, 5) is 2.46. The summed E-state index contributed by atoms with van der Waals surface area (Å²) in [5.41, 5.74) is 0. The molecular weight excluding hydrogens is 252 g/mol. The number of rotatable bonds is 14. The van der Waals surface area contributed by atoms with Crippen molar-refractivity contribution < 1.29 is 9.47 Å². The smallest absolute Gasteiger partial charge is 0.0593 e. The molecule has 1 unspecified atom stereocenters. The number of nitrogens with one attached hydrogen (secondary N) is 1. The number of nitrogens with zero attached hydrogens (tertiary/aromatic N) is 1. The van der Waals surface area contributed by atoms with Gasteiger partial charge in [-0.25, -0.2) is 0 Å². The quantitative estimate of drug-likeness (QED) is 0.498. The van der Waals surface area contributed by atoms with E-state index in [4.69, 9.17) is 9.47 Å². The van der Waals surface area contributed by atoms with E-state index in [1.165, 1.54) is 6.42 Å². The van der Waals surface area contributed by atoms with Crippen molar-refractivity contribution in [3.63, 3.8) is 0 Å². The fraction of sp³-hybridized carbons (Fsp3) is 1.00. The van der Waals surface area contributed by atoms with Crippen LogP contribution in [0.2, 0.25) is 0 Å². The lowest BCUT2D eigenvalue weighted by molar-refractivity contribution is 0.0755. The molecule has 0 aliphatic heterocycles. The minimum absolute atomic E-state index is 0.540. The third-order valence-corrected chi connectivity index (χ3v) is 3.43. The van der Waals surface area contributed by atoms with Crippen molar-refractivity contribution in [2.45, 2.75) is 47.1 Å².